The molecule has 0 spiro atoms. The molecule has 5 rings (SSSR count). The monoisotopic (exact) mass is 406 g/mol. The number of hydrogen-bond donors (Lipinski definition) is 2. The van der Waals surface area contributed by atoms with Crippen molar-refractivity contribution in [2.24, 2.45) is 0 Å². The van der Waals surface area contributed by atoms with Gasteiger partial charge in [-0.3, -0.25) is 0 Å². The second kappa shape index (κ2) is 8.22. The van der Waals surface area contributed by atoms with Crippen LogP contribution in [0.3, 0.4) is 0 Å². The summed E-state index contributed by atoms with van der Waals surface area (Å²) in [5, 5.41) is 17.4. The van der Waals surface area contributed by atoms with E-state index < -0.39 is 0 Å². The summed E-state index contributed by atoms with van der Waals surface area (Å²) >= 11 is 0. The zero-order chi connectivity index (χ0) is 20.4. The SMILES string of the molecule is Oc1ccc(-c2noc(C3(COC[C@H]4CNCCO4)CC3)c2-c2ccccc2)cc1. The number of morpholine rings is 1. The maximum atomic E-state index is 9.66. The van der Waals surface area contributed by atoms with E-state index in [0.29, 0.717) is 13.2 Å². The number of rotatable bonds is 7. The maximum absolute atomic E-state index is 9.66. The summed E-state index contributed by atoms with van der Waals surface area (Å²) in [6, 6.07) is 17.3. The average Bonchev–Trinajstić information content (AvgIpc) is 3.44. The summed E-state index contributed by atoms with van der Waals surface area (Å²) in [4.78, 5) is 0. The van der Waals surface area contributed by atoms with Gasteiger partial charge in [-0.15, -0.1) is 0 Å². The third-order valence-corrected chi connectivity index (χ3v) is 5.92. The van der Waals surface area contributed by atoms with Gasteiger partial charge in [-0.25, -0.2) is 0 Å². The minimum atomic E-state index is -0.143. The molecule has 1 aliphatic carbocycles. The molecule has 1 atom stereocenters. The third kappa shape index (κ3) is 3.86. The standard InChI is InChI=1S/C24H26N2O4/c27-19-8-6-18(7-9-19)22-21(17-4-2-1-3-5-17)23(30-26-22)24(10-11-24)16-28-15-20-14-25-12-13-29-20/h1-9,20,25,27H,10-16H2/t20-/m1/s1. The van der Waals surface area contributed by atoms with Crippen LogP contribution in [0.2, 0.25) is 0 Å². The van der Waals surface area contributed by atoms with Gasteiger partial charge in [0.25, 0.3) is 0 Å². The van der Waals surface area contributed by atoms with Crippen molar-refractivity contribution >= 4 is 0 Å². The molecule has 2 heterocycles. The van der Waals surface area contributed by atoms with Crippen molar-refractivity contribution in [2.45, 2.75) is 24.4 Å². The largest absolute Gasteiger partial charge is 0.508 e. The molecule has 1 saturated carbocycles. The van der Waals surface area contributed by atoms with Crippen LogP contribution in [-0.2, 0) is 14.9 Å². The number of aromatic nitrogens is 1. The highest BCUT2D eigenvalue weighted by atomic mass is 16.5. The van der Waals surface area contributed by atoms with Crippen LogP contribution in [0.15, 0.2) is 59.1 Å². The average molecular weight is 406 g/mol. The Morgan fingerprint density at radius 2 is 1.87 bits per heavy atom. The first-order chi connectivity index (χ1) is 14.8. The van der Waals surface area contributed by atoms with Crippen LogP contribution in [0.4, 0.5) is 0 Å². The predicted octanol–water partition coefficient (Wildman–Crippen LogP) is 3.75. The van der Waals surface area contributed by atoms with Crippen LogP contribution >= 0.6 is 0 Å². The van der Waals surface area contributed by atoms with Gasteiger partial charge < -0.3 is 24.4 Å². The quantitative estimate of drug-likeness (QED) is 0.622. The van der Waals surface area contributed by atoms with E-state index in [1.165, 1.54) is 0 Å². The molecule has 0 bridgehead atoms. The fourth-order valence-electron chi connectivity index (χ4n) is 4.04. The highest BCUT2D eigenvalue weighted by molar-refractivity contribution is 5.83. The van der Waals surface area contributed by atoms with Gasteiger partial charge in [0.15, 0.2) is 5.76 Å². The van der Waals surface area contributed by atoms with E-state index in [9.17, 15) is 5.11 Å². The lowest BCUT2D eigenvalue weighted by Gasteiger charge is -2.24. The molecule has 0 unspecified atom stereocenters. The number of ether oxygens (including phenoxy) is 2. The molecule has 1 aliphatic heterocycles. The number of nitrogens with one attached hydrogen (secondary N) is 1. The first-order valence-corrected chi connectivity index (χ1v) is 10.5. The van der Waals surface area contributed by atoms with Gasteiger partial charge in [-0.1, -0.05) is 35.5 Å². The number of nitrogens with zero attached hydrogens (tertiary/aromatic N) is 1. The molecule has 2 aliphatic rings. The Morgan fingerprint density at radius 1 is 1.07 bits per heavy atom. The summed E-state index contributed by atoms with van der Waals surface area (Å²) < 4.78 is 17.8. The fourth-order valence-corrected chi connectivity index (χ4v) is 4.04. The van der Waals surface area contributed by atoms with Crippen molar-refractivity contribution in [1.29, 1.82) is 0 Å². The van der Waals surface area contributed by atoms with Gasteiger partial charge in [-0.05, 0) is 42.7 Å². The summed E-state index contributed by atoms with van der Waals surface area (Å²) in [5.41, 5.74) is 3.65. The number of phenols is 1. The highest BCUT2D eigenvalue weighted by Crippen LogP contribution is 2.53. The molecule has 30 heavy (non-hydrogen) atoms. The van der Waals surface area contributed by atoms with Crippen molar-refractivity contribution < 1.29 is 19.1 Å². The molecule has 0 radical (unpaired) electrons. The zero-order valence-corrected chi connectivity index (χ0v) is 16.8. The van der Waals surface area contributed by atoms with Gasteiger partial charge in [-0.2, -0.15) is 0 Å². The molecular weight excluding hydrogens is 380 g/mol. The van der Waals surface area contributed by atoms with Gasteiger partial charge in [0.1, 0.15) is 11.4 Å². The topological polar surface area (TPSA) is 76.8 Å². The summed E-state index contributed by atoms with van der Waals surface area (Å²) in [6.07, 6.45) is 2.13. The molecule has 1 saturated heterocycles. The Bertz CT molecular complexity index is 974. The van der Waals surface area contributed by atoms with E-state index in [4.69, 9.17) is 14.0 Å². The van der Waals surface area contributed by atoms with E-state index >= 15 is 0 Å². The highest BCUT2D eigenvalue weighted by Gasteiger charge is 2.50. The van der Waals surface area contributed by atoms with Crippen molar-refractivity contribution in [1.82, 2.24) is 10.5 Å². The lowest BCUT2D eigenvalue weighted by atomic mass is 9.92. The van der Waals surface area contributed by atoms with E-state index in [-0.39, 0.29) is 17.3 Å². The number of hydrogen-bond acceptors (Lipinski definition) is 6. The number of phenolic OH excluding ortho intramolecular Hbond substituents is 1. The predicted molar refractivity (Wildman–Crippen MR) is 113 cm³/mol. The Hall–Kier alpha value is -2.67. The Balaban J connectivity index is 1.43. The molecule has 0 amide bonds. The Morgan fingerprint density at radius 3 is 2.57 bits per heavy atom. The number of aromatic hydroxyl groups is 1. The van der Waals surface area contributed by atoms with Crippen LogP contribution in [-0.4, -0.2) is 49.3 Å². The van der Waals surface area contributed by atoms with Crippen LogP contribution in [0.25, 0.3) is 22.4 Å². The minimum absolute atomic E-state index is 0.102. The lowest BCUT2D eigenvalue weighted by Crippen LogP contribution is -2.41. The molecule has 2 aromatic carbocycles. The van der Waals surface area contributed by atoms with E-state index in [0.717, 1.165) is 60.7 Å². The molecule has 6 nitrogen and oxygen atoms in total. The minimum Gasteiger partial charge on any atom is -0.508 e. The second-order valence-corrected chi connectivity index (χ2v) is 8.14. The van der Waals surface area contributed by atoms with Crippen LogP contribution in [0.5, 0.6) is 5.75 Å². The summed E-state index contributed by atoms with van der Waals surface area (Å²) in [6.45, 7) is 3.63. The zero-order valence-electron chi connectivity index (χ0n) is 16.8. The number of benzene rings is 2. The van der Waals surface area contributed by atoms with E-state index in [2.05, 4.69) is 22.6 Å². The fraction of sp³-hybridized carbons (Fsp3) is 0.375. The Kier molecular flexibility index (Phi) is 5.29. The molecule has 6 heteroatoms. The third-order valence-electron chi connectivity index (χ3n) is 5.92. The van der Waals surface area contributed by atoms with Gasteiger partial charge in [0.2, 0.25) is 0 Å². The van der Waals surface area contributed by atoms with Crippen molar-refractivity contribution in [3.8, 4) is 28.1 Å². The first-order valence-electron chi connectivity index (χ1n) is 10.5. The molecule has 1 aromatic heterocycles. The van der Waals surface area contributed by atoms with Crippen LogP contribution in [0.1, 0.15) is 18.6 Å². The normalized spacial score (nSPS) is 20.2. The van der Waals surface area contributed by atoms with Crippen LogP contribution in [0, 0.1) is 0 Å². The lowest BCUT2D eigenvalue weighted by molar-refractivity contribution is -0.0365. The summed E-state index contributed by atoms with van der Waals surface area (Å²) in [5.74, 6) is 1.12. The summed E-state index contributed by atoms with van der Waals surface area (Å²) in [7, 11) is 0. The van der Waals surface area contributed by atoms with Gasteiger partial charge in [0.05, 0.1) is 36.9 Å². The van der Waals surface area contributed by atoms with Crippen molar-refractivity contribution in [2.75, 3.05) is 32.9 Å². The van der Waals surface area contributed by atoms with Crippen molar-refractivity contribution in [3.63, 3.8) is 0 Å². The van der Waals surface area contributed by atoms with Gasteiger partial charge in [0, 0.05) is 18.7 Å². The second-order valence-electron chi connectivity index (χ2n) is 8.14. The smallest absolute Gasteiger partial charge is 0.153 e. The maximum Gasteiger partial charge on any atom is 0.153 e. The first kappa shape index (κ1) is 19.3. The van der Waals surface area contributed by atoms with E-state index in [1.54, 1.807) is 12.1 Å². The molecule has 156 valence electrons. The molecule has 2 N–H and O–H groups in total. The van der Waals surface area contributed by atoms with Crippen molar-refractivity contribution in [3.05, 3.63) is 60.4 Å². The molecule has 3 aromatic rings. The Labute approximate surface area is 175 Å². The molecule has 2 fully saturated rings. The molecular formula is C24H26N2O4. The van der Waals surface area contributed by atoms with E-state index in [1.807, 2.05) is 30.3 Å². The van der Waals surface area contributed by atoms with Gasteiger partial charge >= 0.3 is 0 Å². The van der Waals surface area contributed by atoms with Crippen LogP contribution < -0.4 is 5.32 Å².